The van der Waals surface area contributed by atoms with Crippen LogP contribution in [0.5, 0.6) is 0 Å². The molecule has 132 valence electrons. The normalized spacial score (nSPS) is 20.4. The number of nitrogens with zero attached hydrogens (tertiary/aromatic N) is 3. The van der Waals surface area contributed by atoms with Gasteiger partial charge in [0.15, 0.2) is 5.69 Å². The number of amides is 1. The van der Waals surface area contributed by atoms with Crippen molar-refractivity contribution in [2.75, 3.05) is 13.1 Å². The molecule has 0 spiro atoms. The number of benzene rings is 1. The summed E-state index contributed by atoms with van der Waals surface area (Å²) in [6.45, 7) is 1.03. The molecular weight excluding hydrogens is 321 g/mol. The Balaban J connectivity index is 1.73. The number of aliphatic hydroxyl groups is 1. The third-order valence-electron chi connectivity index (χ3n) is 5.14. The number of carbonyl (C=O) groups excluding carboxylic acids is 1. The van der Waals surface area contributed by atoms with Crippen molar-refractivity contribution in [3.63, 3.8) is 0 Å². The van der Waals surface area contributed by atoms with Crippen LogP contribution in [0.3, 0.4) is 0 Å². The van der Waals surface area contributed by atoms with E-state index in [0.29, 0.717) is 18.8 Å². The van der Waals surface area contributed by atoms with Crippen molar-refractivity contribution in [1.29, 1.82) is 0 Å². The van der Waals surface area contributed by atoms with Gasteiger partial charge in [-0.15, -0.1) is 0 Å². The summed E-state index contributed by atoms with van der Waals surface area (Å²) in [5, 5.41) is 14.5. The Morgan fingerprint density at radius 2 is 1.92 bits per heavy atom. The van der Waals surface area contributed by atoms with Gasteiger partial charge in [0.25, 0.3) is 5.91 Å². The zero-order valence-electron chi connectivity index (χ0n) is 14.1. The second-order valence-electron chi connectivity index (χ2n) is 6.92. The summed E-state index contributed by atoms with van der Waals surface area (Å²) >= 11 is 0. The molecule has 1 atom stereocenters. The number of piperidine rings is 1. The molecule has 1 aliphatic heterocycles. The molecule has 2 aromatic rings. The van der Waals surface area contributed by atoms with Gasteiger partial charge in [-0.2, -0.15) is 5.10 Å². The first-order valence-electron chi connectivity index (χ1n) is 8.97. The number of halogens is 1. The summed E-state index contributed by atoms with van der Waals surface area (Å²) in [5.74, 6) is -0.388. The summed E-state index contributed by atoms with van der Waals surface area (Å²) in [5.41, 5.74) is 3.34. The van der Waals surface area contributed by atoms with E-state index in [-0.39, 0.29) is 11.7 Å². The molecule has 1 N–H and O–H groups in total. The van der Waals surface area contributed by atoms with E-state index in [0.717, 1.165) is 55.5 Å². The maximum absolute atomic E-state index is 13.2. The van der Waals surface area contributed by atoms with Crippen molar-refractivity contribution in [3.05, 3.63) is 47.0 Å². The summed E-state index contributed by atoms with van der Waals surface area (Å²) < 4.78 is 15.0. The SMILES string of the molecule is O=C(c1nn(-c2ccc(F)cc2)c2c1CCCC2)N1CCC[C@@H](O)C1. The van der Waals surface area contributed by atoms with E-state index >= 15 is 0 Å². The van der Waals surface area contributed by atoms with Crippen molar-refractivity contribution in [3.8, 4) is 5.69 Å². The van der Waals surface area contributed by atoms with Gasteiger partial charge in [-0.25, -0.2) is 9.07 Å². The minimum Gasteiger partial charge on any atom is -0.391 e. The van der Waals surface area contributed by atoms with Crippen LogP contribution in [0.2, 0.25) is 0 Å². The van der Waals surface area contributed by atoms with Gasteiger partial charge >= 0.3 is 0 Å². The summed E-state index contributed by atoms with van der Waals surface area (Å²) in [4.78, 5) is 14.7. The number of aromatic nitrogens is 2. The van der Waals surface area contributed by atoms with E-state index in [2.05, 4.69) is 5.10 Å². The number of rotatable bonds is 2. The fourth-order valence-electron chi connectivity index (χ4n) is 3.86. The average Bonchev–Trinajstić information content (AvgIpc) is 3.01. The highest BCUT2D eigenvalue weighted by atomic mass is 19.1. The van der Waals surface area contributed by atoms with Gasteiger partial charge in [0.2, 0.25) is 0 Å². The van der Waals surface area contributed by atoms with Gasteiger partial charge < -0.3 is 10.0 Å². The third kappa shape index (κ3) is 3.06. The van der Waals surface area contributed by atoms with Crippen LogP contribution in [0.1, 0.15) is 47.4 Å². The van der Waals surface area contributed by atoms with Crippen LogP contribution in [-0.2, 0) is 12.8 Å². The highest BCUT2D eigenvalue weighted by Crippen LogP contribution is 2.28. The fraction of sp³-hybridized carbons (Fsp3) is 0.474. The number of aliphatic hydroxyl groups excluding tert-OH is 1. The van der Waals surface area contributed by atoms with Crippen molar-refractivity contribution in [2.45, 2.75) is 44.6 Å². The number of likely N-dealkylation sites (tertiary alicyclic amines) is 1. The smallest absolute Gasteiger partial charge is 0.274 e. The summed E-state index contributed by atoms with van der Waals surface area (Å²) in [6, 6.07) is 6.20. The Morgan fingerprint density at radius 3 is 2.68 bits per heavy atom. The Labute approximate surface area is 146 Å². The van der Waals surface area contributed by atoms with Crippen LogP contribution >= 0.6 is 0 Å². The van der Waals surface area contributed by atoms with Crippen molar-refractivity contribution >= 4 is 5.91 Å². The van der Waals surface area contributed by atoms with Gasteiger partial charge in [-0.3, -0.25) is 4.79 Å². The number of hydrogen-bond donors (Lipinski definition) is 1. The Bertz CT molecular complexity index is 785. The lowest BCUT2D eigenvalue weighted by atomic mass is 9.95. The van der Waals surface area contributed by atoms with Crippen LogP contribution in [0.25, 0.3) is 5.69 Å². The summed E-state index contributed by atoms with van der Waals surface area (Å²) in [7, 11) is 0. The van der Waals surface area contributed by atoms with E-state index < -0.39 is 6.10 Å². The second-order valence-corrected chi connectivity index (χ2v) is 6.92. The van der Waals surface area contributed by atoms with Crippen LogP contribution in [-0.4, -0.2) is 44.9 Å². The first-order chi connectivity index (χ1) is 12.1. The molecule has 25 heavy (non-hydrogen) atoms. The van der Waals surface area contributed by atoms with E-state index in [9.17, 15) is 14.3 Å². The molecular formula is C19H22FN3O2. The van der Waals surface area contributed by atoms with Crippen molar-refractivity contribution in [2.24, 2.45) is 0 Å². The molecule has 0 unspecified atom stereocenters. The predicted octanol–water partition coefficient (Wildman–Crippen LogP) is 2.49. The molecule has 2 aliphatic rings. The zero-order chi connectivity index (χ0) is 17.4. The van der Waals surface area contributed by atoms with E-state index in [1.165, 1.54) is 12.1 Å². The van der Waals surface area contributed by atoms with E-state index in [4.69, 9.17) is 0 Å². The number of fused-ring (bicyclic) bond motifs is 1. The van der Waals surface area contributed by atoms with Gasteiger partial charge in [0, 0.05) is 24.3 Å². The molecule has 0 radical (unpaired) electrons. The molecule has 6 heteroatoms. The standard InChI is InChI=1S/C19H22FN3O2/c20-13-7-9-14(10-8-13)23-17-6-2-1-5-16(17)18(21-23)19(25)22-11-3-4-15(24)12-22/h7-10,15,24H,1-6,11-12H2/t15-/m1/s1. The maximum Gasteiger partial charge on any atom is 0.274 e. The third-order valence-corrected chi connectivity index (χ3v) is 5.14. The summed E-state index contributed by atoms with van der Waals surface area (Å²) in [6.07, 6.45) is 4.93. The molecule has 1 aromatic heterocycles. The zero-order valence-corrected chi connectivity index (χ0v) is 14.1. The van der Waals surface area contributed by atoms with E-state index in [1.807, 2.05) is 0 Å². The lowest BCUT2D eigenvalue weighted by Gasteiger charge is -2.29. The quantitative estimate of drug-likeness (QED) is 0.911. The Hall–Kier alpha value is -2.21. The topological polar surface area (TPSA) is 58.4 Å². The Morgan fingerprint density at radius 1 is 1.16 bits per heavy atom. The first-order valence-corrected chi connectivity index (χ1v) is 8.97. The molecule has 0 bridgehead atoms. The molecule has 5 nitrogen and oxygen atoms in total. The molecule has 4 rings (SSSR count). The number of carbonyl (C=O) groups is 1. The van der Waals surface area contributed by atoms with Crippen LogP contribution < -0.4 is 0 Å². The molecule has 1 aromatic carbocycles. The largest absolute Gasteiger partial charge is 0.391 e. The molecule has 2 heterocycles. The molecule has 0 saturated carbocycles. The van der Waals surface area contributed by atoms with Gasteiger partial charge in [0.05, 0.1) is 11.8 Å². The average molecular weight is 343 g/mol. The highest BCUT2D eigenvalue weighted by Gasteiger charge is 2.30. The molecule has 1 saturated heterocycles. The van der Waals surface area contributed by atoms with Crippen molar-refractivity contribution < 1.29 is 14.3 Å². The Kier molecular flexibility index (Phi) is 4.29. The number of β-amino-alcohol motifs (C(OH)–C–C–N with tert-alkyl or cyclic N) is 1. The highest BCUT2D eigenvalue weighted by molar-refractivity contribution is 5.94. The van der Waals surface area contributed by atoms with Gasteiger partial charge in [-0.05, 0) is 62.8 Å². The molecule has 1 aliphatic carbocycles. The lowest BCUT2D eigenvalue weighted by Crippen LogP contribution is -2.42. The minimum atomic E-state index is -0.451. The van der Waals surface area contributed by atoms with Crippen LogP contribution in [0, 0.1) is 5.82 Å². The molecule has 1 amide bonds. The van der Waals surface area contributed by atoms with Gasteiger partial charge in [-0.1, -0.05) is 0 Å². The fourth-order valence-corrected chi connectivity index (χ4v) is 3.86. The predicted molar refractivity (Wildman–Crippen MR) is 91.3 cm³/mol. The molecule has 1 fully saturated rings. The van der Waals surface area contributed by atoms with Crippen LogP contribution in [0.4, 0.5) is 4.39 Å². The van der Waals surface area contributed by atoms with E-state index in [1.54, 1.807) is 21.7 Å². The van der Waals surface area contributed by atoms with Crippen LogP contribution in [0.15, 0.2) is 24.3 Å². The maximum atomic E-state index is 13.2. The second kappa shape index (κ2) is 6.59. The lowest BCUT2D eigenvalue weighted by molar-refractivity contribution is 0.0467. The van der Waals surface area contributed by atoms with Gasteiger partial charge in [0.1, 0.15) is 5.82 Å². The minimum absolute atomic E-state index is 0.0993. The first kappa shape index (κ1) is 16.3. The number of hydrogen-bond acceptors (Lipinski definition) is 3. The monoisotopic (exact) mass is 343 g/mol. The van der Waals surface area contributed by atoms with Crippen molar-refractivity contribution in [1.82, 2.24) is 14.7 Å².